The summed E-state index contributed by atoms with van der Waals surface area (Å²) in [6.07, 6.45) is 1.35. The molecule has 1 saturated heterocycles. The van der Waals surface area contributed by atoms with Crippen molar-refractivity contribution < 1.29 is 14.6 Å². The lowest BCUT2D eigenvalue weighted by atomic mass is 9.87. The number of rotatable bonds is 1. The van der Waals surface area contributed by atoms with E-state index in [0.717, 1.165) is 5.56 Å². The summed E-state index contributed by atoms with van der Waals surface area (Å²) in [5.74, 6) is 0. The zero-order valence-corrected chi connectivity index (χ0v) is 15.2. The molecule has 0 aliphatic carbocycles. The van der Waals surface area contributed by atoms with E-state index in [0.29, 0.717) is 42.4 Å². The van der Waals surface area contributed by atoms with E-state index >= 15 is 0 Å². The Morgan fingerprint density at radius 2 is 1.91 bits per heavy atom. The largest absolute Gasteiger partial charge is 0.444 e. The van der Waals surface area contributed by atoms with E-state index in [2.05, 4.69) is 0 Å². The van der Waals surface area contributed by atoms with Crippen LogP contribution in [0.3, 0.4) is 0 Å². The molecule has 1 aromatic rings. The molecule has 1 aliphatic rings. The van der Waals surface area contributed by atoms with Gasteiger partial charge in [-0.3, -0.25) is 0 Å². The predicted molar refractivity (Wildman–Crippen MR) is 92.0 cm³/mol. The van der Waals surface area contributed by atoms with Crippen molar-refractivity contribution in [1.29, 1.82) is 0 Å². The molecule has 2 rings (SSSR count). The molecular formula is C17H23Cl2NO3. The second-order valence-corrected chi connectivity index (χ2v) is 7.80. The zero-order chi connectivity index (χ0) is 17.3. The van der Waals surface area contributed by atoms with Crippen molar-refractivity contribution >= 4 is 29.3 Å². The predicted octanol–water partition coefficient (Wildman–Crippen LogP) is 4.60. The lowest BCUT2D eigenvalue weighted by Crippen LogP contribution is -2.38. The second kappa shape index (κ2) is 6.88. The number of likely N-dealkylation sites (tertiary alicyclic amines) is 1. The van der Waals surface area contributed by atoms with Crippen LogP contribution in [0, 0.1) is 0 Å². The van der Waals surface area contributed by atoms with Gasteiger partial charge in [0.15, 0.2) is 0 Å². The van der Waals surface area contributed by atoms with Crippen LogP contribution < -0.4 is 0 Å². The molecule has 1 atom stereocenters. The summed E-state index contributed by atoms with van der Waals surface area (Å²) < 4.78 is 5.41. The highest BCUT2D eigenvalue weighted by molar-refractivity contribution is 6.42. The second-order valence-electron chi connectivity index (χ2n) is 6.98. The van der Waals surface area contributed by atoms with Crippen LogP contribution in [-0.4, -0.2) is 34.8 Å². The highest BCUT2D eigenvalue weighted by atomic mass is 35.5. The fraction of sp³-hybridized carbons (Fsp3) is 0.588. The summed E-state index contributed by atoms with van der Waals surface area (Å²) in [6.45, 7) is 6.53. The Hall–Kier alpha value is -0.970. The van der Waals surface area contributed by atoms with Crippen molar-refractivity contribution in [1.82, 2.24) is 4.90 Å². The van der Waals surface area contributed by atoms with E-state index in [4.69, 9.17) is 27.9 Å². The summed E-state index contributed by atoms with van der Waals surface area (Å²) in [5.41, 5.74) is -0.799. The summed E-state index contributed by atoms with van der Waals surface area (Å²) in [7, 11) is 0. The maximum absolute atomic E-state index is 12.2. The average Bonchev–Trinajstić information content (AvgIpc) is 2.63. The molecule has 6 heteroatoms. The van der Waals surface area contributed by atoms with Gasteiger partial charge in [0.2, 0.25) is 0 Å². The molecule has 1 unspecified atom stereocenters. The van der Waals surface area contributed by atoms with Crippen LogP contribution in [0.25, 0.3) is 0 Å². The molecule has 23 heavy (non-hydrogen) atoms. The number of hydrogen-bond donors (Lipinski definition) is 1. The molecular weight excluding hydrogens is 337 g/mol. The number of halogens is 2. The number of hydrogen-bond acceptors (Lipinski definition) is 3. The molecule has 1 N–H and O–H groups in total. The quantitative estimate of drug-likeness (QED) is 0.796. The number of amides is 1. The van der Waals surface area contributed by atoms with Crippen LogP contribution >= 0.6 is 23.2 Å². The van der Waals surface area contributed by atoms with Crippen LogP contribution in [0.15, 0.2) is 18.2 Å². The van der Waals surface area contributed by atoms with Gasteiger partial charge in [-0.2, -0.15) is 0 Å². The Kier molecular flexibility index (Phi) is 5.49. The SMILES string of the molecule is CC(C)(C)OC(=O)N1CCCC(O)(c2ccc(Cl)c(Cl)c2)CC1. The molecule has 1 amide bonds. The maximum atomic E-state index is 12.2. The van der Waals surface area contributed by atoms with Crippen molar-refractivity contribution in [2.45, 2.75) is 51.2 Å². The van der Waals surface area contributed by atoms with E-state index in [-0.39, 0.29) is 6.09 Å². The van der Waals surface area contributed by atoms with Crippen LogP contribution in [0.4, 0.5) is 4.79 Å². The summed E-state index contributed by atoms with van der Waals surface area (Å²) in [4.78, 5) is 13.8. The molecule has 4 nitrogen and oxygen atoms in total. The Labute approximate surface area is 147 Å². The fourth-order valence-electron chi connectivity index (χ4n) is 2.70. The third kappa shape index (κ3) is 4.75. The van der Waals surface area contributed by atoms with Crippen molar-refractivity contribution in [3.05, 3.63) is 33.8 Å². The lowest BCUT2D eigenvalue weighted by molar-refractivity contribution is 0.0128. The highest BCUT2D eigenvalue weighted by Gasteiger charge is 2.34. The van der Waals surface area contributed by atoms with E-state index < -0.39 is 11.2 Å². The van der Waals surface area contributed by atoms with E-state index in [1.165, 1.54) is 0 Å². The molecule has 1 fully saturated rings. The molecule has 0 spiro atoms. The Bertz CT molecular complexity index is 586. The molecule has 0 aromatic heterocycles. The normalized spacial score (nSPS) is 22.6. The standard InChI is InChI=1S/C17H23Cl2NO3/c1-16(2,3)23-15(21)20-9-4-7-17(22,8-10-20)12-5-6-13(18)14(19)11-12/h5-6,11,22H,4,7-10H2,1-3H3. The summed E-state index contributed by atoms with van der Waals surface area (Å²) >= 11 is 12.0. The van der Waals surface area contributed by atoms with E-state index in [9.17, 15) is 9.90 Å². The number of ether oxygens (including phenoxy) is 1. The number of aliphatic hydroxyl groups is 1. The topological polar surface area (TPSA) is 49.8 Å². The van der Waals surface area contributed by atoms with Crippen molar-refractivity contribution in [2.24, 2.45) is 0 Å². The van der Waals surface area contributed by atoms with Gasteiger partial charge in [-0.05, 0) is 57.7 Å². The first-order valence-electron chi connectivity index (χ1n) is 7.77. The number of nitrogens with zero attached hydrogens (tertiary/aromatic N) is 1. The van der Waals surface area contributed by atoms with E-state index in [1.54, 1.807) is 23.1 Å². The van der Waals surface area contributed by atoms with Gasteiger partial charge in [0, 0.05) is 13.1 Å². The average molecular weight is 360 g/mol. The van der Waals surface area contributed by atoms with Crippen LogP contribution in [-0.2, 0) is 10.3 Å². The number of benzene rings is 1. The minimum atomic E-state index is -1.01. The van der Waals surface area contributed by atoms with Crippen molar-refractivity contribution in [2.75, 3.05) is 13.1 Å². The number of carbonyl (C=O) groups is 1. The fourth-order valence-corrected chi connectivity index (χ4v) is 3.00. The van der Waals surface area contributed by atoms with Gasteiger partial charge >= 0.3 is 6.09 Å². The molecule has 0 bridgehead atoms. The van der Waals surface area contributed by atoms with Crippen LogP contribution in [0.2, 0.25) is 10.0 Å². The molecule has 0 saturated carbocycles. The summed E-state index contributed by atoms with van der Waals surface area (Å²) in [5, 5.41) is 11.9. The lowest BCUT2D eigenvalue weighted by Gasteiger charge is -2.28. The zero-order valence-electron chi connectivity index (χ0n) is 13.7. The first kappa shape index (κ1) is 18.4. The van der Waals surface area contributed by atoms with Gasteiger partial charge in [0.05, 0.1) is 15.6 Å². The van der Waals surface area contributed by atoms with Crippen LogP contribution in [0.1, 0.15) is 45.6 Å². The van der Waals surface area contributed by atoms with Gasteiger partial charge in [0.25, 0.3) is 0 Å². The third-order valence-electron chi connectivity index (χ3n) is 3.92. The Morgan fingerprint density at radius 1 is 1.22 bits per heavy atom. The van der Waals surface area contributed by atoms with Gasteiger partial charge in [-0.15, -0.1) is 0 Å². The molecule has 1 aromatic carbocycles. The van der Waals surface area contributed by atoms with Crippen LogP contribution in [0.5, 0.6) is 0 Å². The smallest absolute Gasteiger partial charge is 0.410 e. The minimum absolute atomic E-state index is 0.337. The minimum Gasteiger partial charge on any atom is -0.444 e. The highest BCUT2D eigenvalue weighted by Crippen LogP contribution is 2.36. The molecule has 1 aliphatic heterocycles. The summed E-state index contributed by atoms with van der Waals surface area (Å²) in [6, 6.07) is 5.18. The maximum Gasteiger partial charge on any atom is 0.410 e. The van der Waals surface area contributed by atoms with Gasteiger partial charge < -0.3 is 14.7 Å². The Morgan fingerprint density at radius 3 is 2.52 bits per heavy atom. The first-order chi connectivity index (χ1) is 10.6. The first-order valence-corrected chi connectivity index (χ1v) is 8.52. The van der Waals surface area contributed by atoms with Gasteiger partial charge in [-0.1, -0.05) is 29.3 Å². The molecule has 0 radical (unpaired) electrons. The van der Waals surface area contributed by atoms with Gasteiger partial charge in [0.1, 0.15) is 5.60 Å². The Balaban J connectivity index is 2.10. The third-order valence-corrected chi connectivity index (χ3v) is 4.66. The number of carbonyl (C=O) groups excluding carboxylic acids is 1. The van der Waals surface area contributed by atoms with Crippen molar-refractivity contribution in [3.8, 4) is 0 Å². The molecule has 128 valence electrons. The molecule has 1 heterocycles. The van der Waals surface area contributed by atoms with E-state index in [1.807, 2.05) is 20.8 Å². The monoisotopic (exact) mass is 359 g/mol. The van der Waals surface area contributed by atoms with Gasteiger partial charge in [-0.25, -0.2) is 4.79 Å². The van der Waals surface area contributed by atoms with Crippen molar-refractivity contribution in [3.63, 3.8) is 0 Å².